The predicted molar refractivity (Wildman–Crippen MR) is 164 cm³/mol. The molecule has 2 aromatic carbocycles. The second kappa shape index (κ2) is 10.5. The number of thioether (sulfide) groups is 2. The fourth-order valence-corrected chi connectivity index (χ4v) is 9.06. The van der Waals surface area contributed by atoms with Crippen LogP contribution in [0.15, 0.2) is 95.1 Å². The van der Waals surface area contributed by atoms with Crippen molar-refractivity contribution in [1.29, 1.82) is 0 Å². The first-order valence-corrected chi connectivity index (χ1v) is 15.7. The molecule has 43 heavy (non-hydrogen) atoms. The Morgan fingerprint density at radius 3 is 1.30 bits per heavy atom. The summed E-state index contributed by atoms with van der Waals surface area (Å²) in [5.74, 6) is -3.37. The zero-order valence-corrected chi connectivity index (χ0v) is 25.0. The van der Waals surface area contributed by atoms with Gasteiger partial charge in [-0.05, 0) is 47.3 Å². The van der Waals surface area contributed by atoms with Gasteiger partial charge >= 0.3 is 17.8 Å². The van der Waals surface area contributed by atoms with E-state index in [-0.39, 0.29) is 11.1 Å². The van der Waals surface area contributed by atoms with E-state index in [2.05, 4.69) is 23.7 Å². The fraction of sp³-hybridized carbons (Fsp3) is 0.314. The summed E-state index contributed by atoms with van der Waals surface area (Å²) in [6.07, 6.45) is 4.86. The minimum Gasteiger partial charge on any atom is -0.194 e. The van der Waals surface area contributed by atoms with Crippen LogP contribution in [0.1, 0.15) is 50.7 Å². The molecule has 0 aromatic heterocycles. The van der Waals surface area contributed by atoms with Crippen LogP contribution in [0.25, 0.3) is 9.81 Å². The largest absolute Gasteiger partial charge is 0.380 e. The molecular formula is C35H26F6S2. The summed E-state index contributed by atoms with van der Waals surface area (Å²) in [6, 6.07) is 17.7. The first kappa shape index (κ1) is 29.9. The minimum absolute atomic E-state index is 0.318. The fourth-order valence-electron chi connectivity index (χ4n) is 5.89. The van der Waals surface area contributed by atoms with E-state index >= 15 is 26.3 Å². The number of unbranched alkanes of at least 4 members (excludes halogenated alkanes) is 2. The van der Waals surface area contributed by atoms with Crippen LogP contribution >= 0.6 is 23.5 Å². The molecule has 2 aliphatic carbocycles. The summed E-state index contributed by atoms with van der Waals surface area (Å²) in [5.41, 5.74) is -2.01. The molecule has 1 fully saturated rings. The topological polar surface area (TPSA) is 0 Å². The van der Waals surface area contributed by atoms with Crippen LogP contribution in [0.5, 0.6) is 0 Å². The highest BCUT2D eigenvalue weighted by atomic mass is 32.2. The van der Waals surface area contributed by atoms with E-state index in [4.69, 9.17) is 0 Å². The van der Waals surface area contributed by atoms with Gasteiger partial charge in [-0.1, -0.05) is 110 Å². The smallest absolute Gasteiger partial charge is 0.194 e. The average Bonchev–Trinajstić information content (AvgIpc) is 3.60. The normalized spacial score (nSPS) is 27.3. The molecule has 4 aliphatic rings. The summed E-state index contributed by atoms with van der Waals surface area (Å²) in [4.78, 5) is 0.962. The molecule has 0 radical (unpaired) electrons. The first-order chi connectivity index (χ1) is 20.5. The Morgan fingerprint density at radius 1 is 0.581 bits per heavy atom. The third kappa shape index (κ3) is 4.06. The highest BCUT2D eigenvalue weighted by molar-refractivity contribution is 8.14. The minimum atomic E-state index is -5.65. The van der Waals surface area contributed by atoms with Crippen LogP contribution in [0.2, 0.25) is 0 Å². The Balaban J connectivity index is 1.77. The lowest BCUT2D eigenvalue weighted by Crippen LogP contribution is -2.51. The summed E-state index contributed by atoms with van der Waals surface area (Å²) < 4.78 is 91.0. The van der Waals surface area contributed by atoms with Crippen LogP contribution in [-0.4, -0.2) is 27.3 Å². The van der Waals surface area contributed by atoms with Gasteiger partial charge in [0.2, 0.25) is 0 Å². The average molecular weight is 625 g/mol. The zero-order chi connectivity index (χ0) is 30.7. The summed E-state index contributed by atoms with van der Waals surface area (Å²) in [5, 5.41) is 0. The van der Waals surface area contributed by atoms with Gasteiger partial charge in [0.1, 0.15) is 9.49 Å². The Hall–Kier alpha value is -3.20. The summed E-state index contributed by atoms with van der Waals surface area (Å²) >= 11 is 2.28. The molecule has 2 aromatic rings. The van der Waals surface area contributed by atoms with E-state index in [0.717, 1.165) is 23.5 Å². The Bertz CT molecular complexity index is 1600. The van der Waals surface area contributed by atoms with Crippen molar-refractivity contribution in [2.45, 2.75) is 66.8 Å². The molecule has 0 amide bonds. The van der Waals surface area contributed by atoms with E-state index in [1.165, 1.54) is 12.2 Å². The lowest BCUT2D eigenvalue weighted by Gasteiger charge is -2.45. The van der Waals surface area contributed by atoms with Crippen molar-refractivity contribution < 1.29 is 26.3 Å². The number of hydrogen-bond donors (Lipinski definition) is 0. The van der Waals surface area contributed by atoms with Gasteiger partial charge in [0.05, 0.1) is 0 Å². The van der Waals surface area contributed by atoms with Gasteiger partial charge in [-0.25, -0.2) is 0 Å². The van der Waals surface area contributed by atoms with Crippen LogP contribution in [-0.2, 0) is 0 Å². The van der Waals surface area contributed by atoms with Crippen molar-refractivity contribution in [1.82, 2.24) is 0 Å². The number of halogens is 6. The van der Waals surface area contributed by atoms with Crippen molar-refractivity contribution in [2.75, 3.05) is 0 Å². The molecule has 0 spiro atoms. The van der Waals surface area contributed by atoms with Crippen LogP contribution < -0.4 is 0 Å². The number of alkyl halides is 6. The van der Waals surface area contributed by atoms with Crippen LogP contribution in [0.3, 0.4) is 0 Å². The van der Waals surface area contributed by atoms with Crippen LogP contribution in [0.4, 0.5) is 26.3 Å². The zero-order valence-electron chi connectivity index (χ0n) is 23.3. The van der Waals surface area contributed by atoms with Gasteiger partial charge in [-0.3, -0.25) is 0 Å². The maximum atomic E-state index is 15.9. The quantitative estimate of drug-likeness (QED) is 0.245. The number of hydrogen-bond acceptors (Lipinski definition) is 2. The molecule has 0 N–H and O–H groups in total. The molecular weight excluding hydrogens is 599 g/mol. The number of fused-ring (bicyclic) bond motifs is 4. The lowest BCUT2D eigenvalue weighted by atomic mass is 9.70. The van der Waals surface area contributed by atoms with E-state index in [1.807, 2.05) is 13.8 Å². The number of benzene rings is 2. The molecule has 0 bridgehead atoms. The highest BCUT2D eigenvalue weighted by Gasteiger charge is 2.85. The summed E-state index contributed by atoms with van der Waals surface area (Å²) in [6.45, 7) is 3.82. The summed E-state index contributed by atoms with van der Waals surface area (Å²) in [7, 11) is 0. The molecule has 0 saturated heterocycles. The second-order valence-corrected chi connectivity index (χ2v) is 13.2. The van der Waals surface area contributed by atoms with Crippen LogP contribution in [0, 0.1) is 23.7 Å². The Kier molecular flexibility index (Phi) is 7.26. The van der Waals surface area contributed by atoms with Crippen molar-refractivity contribution in [3.63, 3.8) is 0 Å². The van der Waals surface area contributed by atoms with E-state index in [0.29, 0.717) is 46.6 Å². The molecule has 0 nitrogen and oxygen atoms in total. The van der Waals surface area contributed by atoms with Gasteiger partial charge in [0, 0.05) is 33.8 Å². The molecule has 2 atom stereocenters. The standard InChI is InChI=1S/C35H26F6S2/c1-3-5-13-19-31-25(21-27(42-31)23-15-9-7-10-16-23)29-30(34(38,39)35(40,41)33(29,36)37)26-22-28(24-17-11-8-12-18-24)43-32(26,31)20-14-6-4-2/h7-12,15-18,21-22H,3-6H2,1-2H3. The highest BCUT2D eigenvalue weighted by Crippen LogP contribution is 2.75. The second-order valence-electron chi connectivity index (χ2n) is 10.7. The van der Waals surface area contributed by atoms with Crippen molar-refractivity contribution in [3.8, 4) is 23.7 Å². The third-order valence-corrected chi connectivity index (χ3v) is 11.1. The van der Waals surface area contributed by atoms with E-state index in [9.17, 15) is 0 Å². The third-order valence-electron chi connectivity index (χ3n) is 7.93. The molecule has 220 valence electrons. The van der Waals surface area contributed by atoms with Gasteiger partial charge in [-0.15, -0.1) is 11.8 Å². The molecule has 6 rings (SSSR count). The maximum Gasteiger partial charge on any atom is 0.380 e. The maximum absolute atomic E-state index is 15.9. The van der Waals surface area contributed by atoms with Gasteiger partial charge in [0.15, 0.2) is 0 Å². The Morgan fingerprint density at radius 2 is 0.953 bits per heavy atom. The van der Waals surface area contributed by atoms with Gasteiger partial charge in [0.25, 0.3) is 0 Å². The van der Waals surface area contributed by atoms with Crippen molar-refractivity contribution in [3.05, 3.63) is 106 Å². The lowest BCUT2D eigenvalue weighted by molar-refractivity contribution is -0.258. The molecule has 8 heteroatoms. The van der Waals surface area contributed by atoms with E-state index < -0.39 is 38.4 Å². The molecule has 2 unspecified atom stereocenters. The van der Waals surface area contributed by atoms with Gasteiger partial charge in [-0.2, -0.15) is 26.3 Å². The van der Waals surface area contributed by atoms with Crippen molar-refractivity contribution >= 4 is 33.3 Å². The molecule has 2 aliphatic heterocycles. The predicted octanol–water partition coefficient (Wildman–Crippen LogP) is 10.2. The van der Waals surface area contributed by atoms with Gasteiger partial charge < -0.3 is 0 Å². The molecule has 1 saturated carbocycles. The SMILES string of the molecule is CCCC#CC12SC(c3ccccc3)=CC1=C1C(=C3C=C(c4ccccc4)SC32C#CCCC)C(F)(F)C(F)(F)C1(F)F. The monoisotopic (exact) mass is 624 g/mol. The Labute approximate surface area is 255 Å². The van der Waals surface area contributed by atoms with Crippen molar-refractivity contribution in [2.24, 2.45) is 0 Å². The molecule has 2 heterocycles. The number of rotatable bonds is 4. The number of allylic oxidation sites excluding steroid dienone is 4. The van der Waals surface area contributed by atoms with E-state index in [1.54, 1.807) is 60.7 Å². The first-order valence-electron chi connectivity index (χ1n) is 14.0.